The first kappa shape index (κ1) is 17.6. The third-order valence-electron chi connectivity index (χ3n) is 3.55. The number of nitrogens with zero attached hydrogens (tertiary/aromatic N) is 4. The second kappa shape index (κ2) is 7.71. The van der Waals surface area contributed by atoms with Crippen LogP contribution in [0, 0.1) is 10.1 Å². The van der Waals surface area contributed by atoms with Crippen LogP contribution in [0.4, 0.5) is 11.6 Å². The van der Waals surface area contributed by atoms with E-state index in [1.807, 2.05) is 13.8 Å². The summed E-state index contributed by atoms with van der Waals surface area (Å²) in [7, 11) is 0. The molecule has 2 amide bonds. The predicted octanol–water partition coefficient (Wildman–Crippen LogP) is 1.36. The zero-order valence-electron chi connectivity index (χ0n) is 13.7. The maximum Gasteiger partial charge on any atom is 0.366 e. The van der Waals surface area contributed by atoms with E-state index in [2.05, 4.69) is 4.98 Å². The molecule has 0 N–H and O–H groups in total. The lowest BCUT2D eigenvalue weighted by Gasteiger charge is -2.28. The van der Waals surface area contributed by atoms with E-state index < -0.39 is 16.6 Å². The van der Waals surface area contributed by atoms with Crippen LogP contribution in [0.5, 0.6) is 5.75 Å². The van der Waals surface area contributed by atoms with E-state index in [4.69, 9.17) is 4.74 Å². The van der Waals surface area contributed by atoms with Crippen molar-refractivity contribution in [1.82, 2.24) is 9.88 Å². The van der Waals surface area contributed by atoms with Crippen LogP contribution in [0.2, 0.25) is 0 Å². The molecule has 0 aliphatic carbocycles. The summed E-state index contributed by atoms with van der Waals surface area (Å²) in [5.41, 5.74) is 0. The van der Waals surface area contributed by atoms with Gasteiger partial charge in [0.2, 0.25) is 5.91 Å². The van der Waals surface area contributed by atoms with Crippen LogP contribution < -0.4 is 9.64 Å². The van der Waals surface area contributed by atoms with Gasteiger partial charge in [-0.2, -0.15) is 0 Å². The number of nitro groups is 1. The molecule has 2 rings (SSSR count). The van der Waals surface area contributed by atoms with Crippen molar-refractivity contribution in [2.24, 2.45) is 0 Å². The Morgan fingerprint density at radius 3 is 2.62 bits per heavy atom. The van der Waals surface area contributed by atoms with Gasteiger partial charge in [0.15, 0.2) is 12.4 Å². The maximum absolute atomic E-state index is 12.5. The Labute approximate surface area is 139 Å². The minimum atomic E-state index is -0.653. The van der Waals surface area contributed by atoms with Crippen molar-refractivity contribution in [3.63, 3.8) is 0 Å². The van der Waals surface area contributed by atoms with Crippen molar-refractivity contribution in [2.75, 3.05) is 31.1 Å². The number of anilines is 1. The molecule has 0 saturated heterocycles. The number of hydrogen-bond acceptors (Lipinski definition) is 6. The fourth-order valence-electron chi connectivity index (χ4n) is 2.47. The van der Waals surface area contributed by atoms with E-state index in [-0.39, 0.29) is 30.6 Å². The molecule has 130 valence electrons. The highest BCUT2D eigenvalue weighted by Gasteiger charge is 2.34. The molecule has 2 heterocycles. The van der Waals surface area contributed by atoms with Crippen LogP contribution in [0.1, 0.15) is 26.7 Å². The molecule has 1 aromatic heterocycles. The van der Waals surface area contributed by atoms with Crippen LogP contribution >= 0.6 is 0 Å². The van der Waals surface area contributed by atoms with Crippen molar-refractivity contribution in [3.8, 4) is 5.75 Å². The average molecular weight is 336 g/mol. The SMILES string of the molecule is CCCN(CCC)C(=O)CN1C(=O)COc2ccc([N+](=O)[O-])nc21. The Morgan fingerprint density at radius 1 is 1.38 bits per heavy atom. The number of hydrogen-bond donors (Lipinski definition) is 0. The number of carbonyl (C=O) groups excluding carboxylic acids is 2. The highest BCUT2D eigenvalue weighted by molar-refractivity contribution is 6.01. The summed E-state index contributed by atoms with van der Waals surface area (Å²) in [4.78, 5) is 41.6. The van der Waals surface area contributed by atoms with Gasteiger partial charge in [0.25, 0.3) is 11.7 Å². The summed E-state index contributed by atoms with van der Waals surface area (Å²) < 4.78 is 5.24. The van der Waals surface area contributed by atoms with Crippen molar-refractivity contribution in [1.29, 1.82) is 0 Å². The van der Waals surface area contributed by atoms with E-state index in [0.717, 1.165) is 17.7 Å². The molecule has 0 aromatic carbocycles. The van der Waals surface area contributed by atoms with Gasteiger partial charge in [-0.25, -0.2) is 0 Å². The highest BCUT2D eigenvalue weighted by atomic mass is 16.6. The van der Waals surface area contributed by atoms with Gasteiger partial charge in [-0.1, -0.05) is 13.8 Å². The molecule has 1 aliphatic heterocycles. The summed E-state index contributed by atoms with van der Waals surface area (Å²) >= 11 is 0. The van der Waals surface area contributed by atoms with E-state index >= 15 is 0 Å². The first-order valence-electron chi connectivity index (χ1n) is 7.84. The summed E-state index contributed by atoms with van der Waals surface area (Å²) in [6, 6.07) is 2.59. The lowest BCUT2D eigenvalue weighted by molar-refractivity contribution is -0.389. The normalized spacial score (nSPS) is 13.2. The molecule has 9 heteroatoms. The van der Waals surface area contributed by atoms with Gasteiger partial charge in [-0.3, -0.25) is 14.5 Å². The fraction of sp³-hybridized carbons (Fsp3) is 0.533. The third kappa shape index (κ3) is 3.79. The van der Waals surface area contributed by atoms with Crippen molar-refractivity contribution >= 4 is 23.5 Å². The average Bonchev–Trinajstić information content (AvgIpc) is 2.56. The third-order valence-corrected chi connectivity index (χ3v) is 3.55. The smallest absolute Gasteiger partial charge is 0.366 e. The molecule has 24 heavy (non-hydrogen) atoms. The Balaban J connectivity index is 2.26. The number of carbonyl (C=O) groups is 2. The second-order valence-electron chi connectivity index (χ2n) is 5.40. The zero-order valence-corrected chi connectivity index (χ0v) is 13.7. The van der Waals surface area contributed by atoms with Crippen LogP contribution in [-0.4, -0.2) is 52.9 Å². The van der Waals surface area contributed by atoms with Gasteiger partial charge in [-0.15, -0.1) is 0 Å². The van der Waals surface area contributed by atoms with Crippen LogP contribution in [0.15, 0.2) is 12.1 Å². The Bertz CT molecular complexity index is 643. The van der Waals surface area contributed by atoms with Crippen molar-refractivity contribution < 1.29 is 19.2 Å². The summed E-state index contributed by atoms with van der Waals surface area (Å²) in [5.74, 6) is -0.791. The molecular formula is C15H20N4O5. The van der Waals surface area contributed by atoms with Crippen LogP contribution in [-0.2, 0) is 9.59 Å². The number of ether oxygens (including phenoxy) is 1. The van der Waals surface area contributed by atoms with E-state index in [1.165, 1.54) is 12.1 Å². The monoisotopic (exact) mass is 336 g/mol. The summed E-state index contributed by atoms with van der Waals surface area (Å²) in [6.07, 6.45) is 1.62. The quantitative estimate of drug-likeness (QED) is 0.550. The molecule has 0 fully saturated rings. The number of aromatic nitrogens is 1. The topological polar surface area (TPSA) is 106 Å². The van der Waals surface area contributed by atoms with Crippen LogP contribution in [0.25, 0.3) is 0 Å². The molecule has 9 nitrogen and oxygen atoms in total. The predicted molar refractivity (Wildman–Crippen MR) is 85.9 cm³/mol. The number of amides is 2. The fourth-order valence-corrected chi connectivity index (χ4v) is 2.47. The Morgan fingerprint density at radius 2 is 2.04 bits per heavy atom. The van der Waals surface area contributed by atoms with Crippen LogP contribution in [0.3, 0.4) is 0 Å². The second-order valence-corrected chi connectivity index (χ2v) is 5.40. The van der Waals surface area contributed by atoms with Crippen molar-refractivity contribution in [3.05, 3.63) is 22.2 Å². The van der Waals surface area contributed by atoms with E-state index in [0.29, 0.717) is 13.1 Å². The highest BCUT2D eigenvalue weighted by Crippen LogP contribution is 2.31. The molecule has 1 aromatic rings. The van der Waals surface area contributed by atoms with Crippen molar-refractivity contribution in [2.45, 2.75) is 26.7 Å². The largest absolute Gasteiger partial charge is 0.477 e. The lowest BCUT2D eigenvalue weighted by Crippen LogP contribution is -2.47. The Hall–Kier alpha value is -2.71. The first-order valence-corrected chi connectivity index (χ1v) is 7.84. The summed E-state index contributed by atoms with van der Waals surface area (Å²) in [5, 5.41) is 10.9. The molecular weight excluding hydrogens is 316 g/mol. The number of fused-ring (bicyclic) bond motifs is 1. The molecule has 0 bridgehead atoms. The van der Waals surface area contributed by atoms with E-state index in [9.17, 15) is 19.7 Å². The number of pyridine rings is 1. The van der Waals surface area contributed by atoms with Gasteiger partial charge < -0.3 is 19.8 Å². The van der Waals surface area contributed by atoms with E-state index in [1.54, 1.807) is 4.90 Å². The molecule has 0 spiro atoms. The lowest BCUT2D eigenvalue weighted by atomic mass is 10.3. The molecule has 0 saturated carbocycles. The van der Waals surface area contributed by atoms with Gasteiger partial charge in [0, 0.05) is 19.2 Å². The first-order chi connectivity index (χ1) is 11.5. The van der Waals surface area contributed by atoms with Gasteiger partial charge >= 0.3 is 5.82 Å². The maximum atomic E-state index is 12.5. The molecule has 1 aliphatic rings. The Kier molecular flexibility index (Phi) is 5.67. The molecule has 0 radical (unpaired) electrons. The van der Waals surface area contributed by atoms with Gasteiger partial charge in [0.05, 0.1) is 0 Å². The molecule has 0 atom stereocenters. The minimum absolute atomic E-state index is 0.0155. The molecule has 0 unspecified atom stereocenters. The number of rotatable bonds is 7. The standard InChI is InChI=1S/C15H20N4O5/c1-3-7-17(8-4-2)13(20)9-18-14(21)10-24-11-5-6-12(19(22)23)16-15(11)18/h5-6H,3-4,7-10H2,1-2H3. The summed E-state index contributed by atoms with van der Waals surface area (Å²) in [6.45, 7) is 4.71. The van der Waals surface area contributed by atoms with Gasteiger partial charge in [0.1, 0.15) is 6.54 Å². The zero-order chi connectivity index (χ0) is 17.7. The minimum Gasteiger partial charge on any atom is -0.477 e. The van der Waals surface area contributed by atoms with Gasteiger partial charge in [-0.05, 0) is 28.8 Å².